The highest BCUT2D eigenvalue weighted by Gasteiger charge is 2.15. The van der Waals surface area contributed by atoms with Crippen molar-refractivity contribution in [1.82, 2.24) is 0 Å². The molecule has 0 aliphatic carbocycles. The van der Waals surface area contributed by atoms with Crippen molar-refractivity contribution in [2.24, 2.45) is 0 Å². The molecule has 6 heteroatoms. The van der Waals surface area contributed by atoms with Crippen molar-refractivity contribution in [2.75, 3.05) is 26.1 Å². The Morgan fingerprint density at radius 3 is 2.81 bits per heavy atom. The van der Waals surface area contributed by atoms with E-state index in [0.29, 0.717) is 0 Å². The van der Waals surface area contributed by atoms with E-state index in [-0.39, 0.29) is 30.2 Å². The molecule has 0 bridgehead atoms. The highest BCUT2D eigenvalue weighted by Crippen LogP contribution is 2.24. The summed E-state index contributed by atoms with van der Waals surface area (Å²) in [7, 11) is 1.19. The van der Waals surface area contributed by atoms with Crippen molar-refractivity contribution >= 4 is 11.7 Å². The van der Waals surface area contributed by atoms with Gasteiger partial charge in [0.2, 0.25) is 0 Å². The molecule has 88 valence electrons. The van der Waals surface area contributed by atoms with Crippen LogP contribution in [0.15, 0.2) is 12.1 Å². The number of halogens is 1. The number of carbonyl (C=O) groups is 1. The van der Waals surface area contributed by atoms with Gasteiger partial charge in [-0.1, -0.05) is 0 Å². The van der Waals surface area contributed by atoms with Crippen LogP contribution in [0.5, 0.6) is 5.75 Å². The summed E-state index contributed by atoms with van der Waals surface area (Å²) in [6, 6.07) is 2.12. The van der Waals surface area contributed by atoms with Crippen LogP contribution >= 0.6 is 0 Å². The SMILES string of the molecule is COC(=O)c1cc(OCCO)c(F)cc1N. The molecule has 0 aliphatic rings. The number of nitrogen functional groups attached to an aromatic ring is 1. The van der Waals surface area contributed by atoms with Crippen LogP contribution in [0, 0.1) is 5.82 Å². The number of ether oxygens (including phenoxy) is 2. The lowest BCUT2D eigenvalue weighted by molar-refractivity contribution is 0.0601. The van der Waals surface area contributed by atoms with Gasteiger partial charge < -0.3 is 20.3 Å². The number of methoxy groups -OCH3 is 1. The summed E-state index contributed by atoms with van der Waals surface area (Å²) in [5.41, 5.74) is 5.45. The maximum atomic E-state index is 13.3. The van der Waals surface area contributed by atoms with Gasteiger partial charge in [-0.3, -0.25) is 0 Å². The second kappa shape index (κ2) is 5.32. The Labute approximate surface area is 91.6 Å². The van der Waals surface area contributed by atoms with E-state index in [1.165, 1.54) is 7.11 Å². The van der Waals surface area contributed by atoms with Crippen molar-refractivity contribution < 1.29 is 23.8 Å². The highest BCUT2D eigenvalue weighted by molar-refractivity contribution is 5.95. The average molecular weight is 229 g/mol. The zero-order valence-electron chi connectivity index (χ0n) is 8.70. The molecule has 0 aliphatic heterocycles. The molecule has 0 radical (unpaired) electrons. The van der Waals surface area contributed by atoms with Gasteiger partial charge in [0.25, 0.3) is 0 Å². The van der Waals surface area contributed by atoms with Gasteiger partial charge in [0, 0.05) is 11.8 Å². The zero-order valence-corrected chi connectivity index (χ0v) is 8.70. The Balaban J connectivity index is 3.06. The number of aliphatic hydroxyl groups excluding tert-OH is 1. The molecule has 1 aromatic rings. The highest BCUT2D eigenvalue weighted by atomic mass is 19.1. The van der Waals surface area contributed by atoms with Gasteiger partial charge in [-0.05, 0) is 6.07 Å². The summed E-state index contributed by atoms with van der Waals surface area (Å²) in [5, 5.41) is 8.53. The molecule has 16 heavy (non-hydrogen) atoms. The molecule has 1 rings (SSSR count). The fraction of sp³-hybridized carbons (Fsp3) is 0.300. The van der Waals surface area contributed by atoms with E-state index in [1.807, 2.05) is 0 Å². The largest absolute Gasteiger partial charge is 0.488 e. The molecular formula is C10H12FNO4. The van der Waals surface area contributed by atoms with E-state index in [2.05, 4.69) is 4.74 Å². The topological polar surface area (TPSA) is 81.8 Å². The van der Waals surface area contributed by atoms with Crippen molar-refractivity contribution in [3.8, 4) is 5.75 Å². The quantitative estimate of drug-likeness (QED) is 0.582. The monoisotopic (exact) mass is 229 g/mol. The lowest BCUT2D eigenvalue weighted by Gasteiger charge is -2.09. The number of esters is 1. The van der Waals surface area contributed by atoms with Crippen LogP contribution < -0.4 is 10.5 Å². The number of hydrogen-bond acceptors (Lipinski definition) is 5. The molecule has 1 aromatic carbocycles. The number of rotatable bonds is 4. The van der Waals surface area contributed by atoms with Gasteiger partial charge in [-0.15, -0.1) is 0 Å². The van der Waals surface area contributed by atoms with Crippen LogP contribution in [-0.4, -0.2) is 31.4 Å². The molecule has 0 unspecified atom stereocenters. The summed E-state index contributed by atoms with van der Waals surface area (Å²) < 4.78 is 22.6. The molecule has 0 fully saturated rings. The first-order valence-electron chi connectivity index (χ1n) is 4.51. The van der Waals surface area contributed by atoms with Crippen molar-refractivity contribution in [3.63, 3.8) is 0 Å². The van der Waals surface area contributed by atoms with Gasteiger partial charge in [0.15, 0.2) is 11.6 Å². The lowest BCUT2D eigenvalue weighted by atomic mass is 10.1. The van der Waals surface area contributed by atoms with Gasteiger partial charge >= 0.3 is 5.97 Å². The molecule has 0 amide bonds. The van der Waals surface area contributed by atoms with Crippen molar-refractivity contribution in [3.05, 3.63) is 23.5 Å². The maximum Gasteiger partial charge on any atom is 0.340 e. The van der Waals surface area contributed by atoms with Crippen LogP contribution in [0.2, 0.25) is 0 Å². The fourth-order valence-electron chi connectivity index (χ4n) is 1.12. The average Bonchev–Trinajstić information content (AvgIpc) is 2.27. The number of benzene rings is 1. The summed E-state index contributed by atoms with van der Waals surface area (Å²) in [6.45, 7) is -0.321. The molecule has 0 aromatic heterocycles. The minimum absolute atomic E-state index is 0.0249. The minimum Gasteiger partial charge on any atom is -0.488 e. The Kier molecular flexibility index (Phi) is 4.07. The second-order valence-corrected chi connectivity index (χ2v) is 2.93. The zero-order chi connectivity index (χ0) is 12.1. The molecule has 0 saturated carbocycles. The number of carbonyl (C=O) groups excluding carboxylic acids is 1. The standard InChI is InChI=1S/C10H12FNO4/c1-15-10(14)6-4-9(16-3-2-13)7(11)5-8(6)12/h4-5,13H,2-3,12H2,1H3. The number of hydrogen-bond donors (Lipinski definition) is 2. The molecule has 5 nitrogen and oxygen atoms in total. The molecule has 0 saturated heterocycles. The van der Waals surface area contributed by atoms with Crippen LogP contribution in [-0.2, 0) is 4.74 Å². The fourth-order valence-corrected chi connectivity index (χ4v) is 1.12. The number of nitrogens with two attached hydrogens (primary N) is 1. The third kappa shape index (κ3) is 2.60. The van der Waals surface area contributed by atoms with E-state index < -0.39 is 11.8 Å². The number of anilines is 1. The molecule has 0 spiro atoms. The predicted octanol–water partition coefficient (Wildman–Crippen LogP) is 0.566. The van der Waals surface area contributed by atoms with Gasteiger partial charge in [-0.2, -0.15) is 0 Å². The van der Waals surface area contributed by atoms with Crippen LogP contribution in [0.4, 0.5) is 10.1 Å². The third-order valence-electron chi connectivity index (χ3n) is 1.86. The summed E-state index contributed by atoms with van der Waals surface area (Å²) >= 11 is 0. The smallest absolute Gasteiger partial charge is 0.340 e. The molecule has 3 N–H and O–H groups in total. The van der Waals surface area contributed by atoms with Gasteiger partial charge in [-0.25, -0.2) is 9.18 Å². The Morgan fingerprint density at radius 1 is 1.56 bits per heavy atom. The van der Waals surface area contributed by atoms with Crippen LogP contribution in [0.25, 0.3) is 0 Å². The molecular weight excluding hydrogens is 217 g/mol. The molecule has 0 atom stereocenters. The summed E-state index contributed by atoms with van der Waals surface area (Å²) in [5.74, 6) is -1.52. The molecule has 0 heterocycles. The van der Waals surface area contributed by atoms with E-state index in [0.717, 1.165) is 12.1 Å². The maximum absolute atomic E-state index is 13.3. The minimum atomic E-state index is -0.696. The lowest BCUT2D eigenvalue weighted by Crippen LogP contribution is -2.09. The third-order valence-corrected chi connectivity index (χ3v) is 1.86. The summed E-state index contributed by atoms with van der Waals surface area (Å²) in [6.07, 6.45) is 0. The normalized spacial score (nSPS) is 9.94. The Hall–Kier alpha value is -1.82. The van der Waals surface area contributed by atoms with E-state index in [1.54, 1.807) is 0 Å². The predicted molar refractivity (Wildman–Crippen MR) is 54.7 cm³/mol. The first kappa shape index (κ1) is 12.3. The van der Waals surface area contributed by atoms with Crippen LogP contribution in [0.3, 0.4) is 0 Å². The van der Waals surface area contributed by atoms with E-state index >= 15 is 0 Å². The first-order chi connectivity index (χ1) is 7.60. The Bertz CT molecular complexity index is 395. The van der Waals surface area contributed by atoms with E-state index in [9.17, 15) is 9.18 Å². The van der Waals surface area contributed by atoms with E-state index in [4.69, 9.17) is 15.6 Å². The summed E-state index contributed by atoms with van der Waals surface area (Å²) in [4.78, 5) is 11.2. The number of aliphatic hydroxyl groups is 1. The second-order valence-electron chi connectivity index (χ2n) is 2.93. The van der Waals surface area contributed by atoms with Crippen LogP contribution in [0.1, 0.15) is 10.4 Å². The Morgan fingerprint density at radius 2 is 2.25 bits per heavy atom. The van der Waals surface area contributed by atoms with Gasteiger partial charge in [0.05, 0.1) is 19.3 Å². The van der Waals surface area contributed by atoms with Gasteiger partial charge in [0.1, 0.15) is 6.61 Å². The first-order valence-corrected chi connectivity index (χ1v) is 4.51. The van der Waals surface area contributed by atoms with Crippen molar-refractivity contribution in [1.29, 1.82) is 0 Å². The van der Waals surface area contributed by atoms with Crippen molar-refractivity contribution in [2.45, 2.75) is 0 Å².